The molecular weight excluding hydrogens is 383 g/mol. The molecule has 1 saturated heterocycles. The molecule has 28 heavy (non-hydrogen) atoms. The van der Waals surface area contributed by atoms with Crippen LogP contribution in [0.3, 0.4) is 0 Å². The number of sulfonamides is 1. The van der Waals surface area contributed by atoms with E-state index in [-0.39, 0.29) is 24.5 Å². The Balaban J connectivity index is 1.83. The lowest BCUT2D eigenvalue weighted by atomic mass is 9.78. The lowest BCUT2D eigenvalue weighted by Gasteiger charge is -2.41. The number of carbonyl (C=O) groups excluding carboxylic acids is 1. The summed E-state index contributed by atoms with van der Waals surface area (Å²) in [7, 11) is -3.81. The van der Waals surface area contributed by atoms with Gasteiger partial charge in [0.2, 0.25) is 15.9 Å². The van der Waals surface area contributed by atoms with E-state index in [1.54, 1.807) is 12.1 Å². The van der Waals surface area contributed by atoms with E-state index in [0.29, 0.717) is 25.1 Å². The standard InChI is InChI=1S/C20H23FN2O4S/c21-16-7-9-18(10-8-16)28(25,26)23-12-4-11-20(14-23,13-19(22)24)15-27-17-5-2-1-3-6-17/h1-3,5-10H,4,11-15H2,(H2,22,24)/t20-/m1/s1. The van der Waals surface area contributed by atoms with Crippen molar-refractivity contribution in [2.24, 2.45) is 11.1 Å². The number of primary amides is 1. The van der Waals surface area contributed by atoms with Crippen molar-refractivity contribution in [2.45, 2.75) is 24.2 Å². The average Bonchev–Trinajstić information content (AvgIpc) is 2.67. The highest BCUT2D eigenvalue weighted by atomic mass is 32.2. The zero-order valence-corrected chi connectivity index (χ0v) is 16.2. The van der Waals surface area contributed by atoms with E-state index in [2.05, 4.69) is 0 Å². The number of ether oxygens (including phenoxy) is 1. The van der Waals surface area contributed by atoms with Crippen molar-refractivity contribution in [3.8, 4) is 5.75 Å². The maximum absolute atomic E-state index is 13.2. The van der Waals surface area contributed by atoms with E-state index in [1.165, 1.54) is 16.4 Å². The van der Waals surface area contributed by atoms with Gasteiger partial charge in [0.15, 0.2) is 0 Å². The van der Waals surface area contributed by atoms with Crippen LogP contribution in [0.25, 0.3) is 0 Å². The number of halogens is 1. The van der Waals surface area contributed by atoms with Gasteiger partial charge in [0.25, 0.3) is 0 Å². The largest absolute Gasteiger partial charge is 0.493 e. The van der Waals surface area contributed by atoms with Crippen LogP contribution in [-0.4, -0.2) is 38.3 Å². The smallest absolute Gasteiger partial charge is 0.243 e. The summed E-state index contributed by atoms with van der Waals surface area (Å²) < 4.78 is 46.3. The minimum atomic E-state index is -3.81. The highest BCUT2D eigenvalue weighted by Gasteiger charge is 2.42. The second-order valence-electron chi connectivity index (χ2n) is 7.14. The molecule has 2 N–H and O–H groups in total. The first-order valence-corrected chi connectivity index (χ1v) is 10.5. The maximum atomic E-state index is 13.2. The minimum Gasteiger partial charge on any atom is -0.493 e. The van der Waals surface area contributed by atoms with E-state index >= 15 is 0 Å². The number of amides is 1. The molecule has 1 fully saturated rings. The Hall–Kier alpha value is -2.45. The van der Waals surface area contributed by atoms with Crippen LogP contribution in [-0.2, 0) is 14.8 Å². The van der Waals surface area contributed by atoms with Gasteiger partial charge in [0.1, 0.15) is 11.6 Å². The monoisotopic (exact) mass is 406 g/mol. The summed E-state index contributed by atoms with van der Waals surface area (Å²) in [5.41, 5.74) is 4.74. The number of hydrogen-bond acceptors (Lipinski definition) is 4. The molecule has 6 nitrogen and oxygen atoms in total. The summed E-state index contributed by atoms with van der Waals surface area (Å²) in [6.45, 7) is 0.615. The number of benzene rings is 2. The van der Waals surface area contributed by atoms with Gasteiger partial charge in [-0.05, 0) is 49.2 Å². The van der Waals surface area contributed by atoms with E-state index in [0.717, 1.165) is 12.1 Å². The lowest BCUT2D eigenvalue weighted by molar-refractivity contribution is -0.121. The molecule has 0 saturated carbocycles. The molecule has 2 aromatic rings. The maximum Gasteiger partial charge on any atom is 0.243 e. The van der Waals surface area contributed by atoms with Crippen molar-refractivity contribution >= 4 is 15.9 Å². The van der Waals surface area contributed by atoms with Crippen molar-refractivity contribution in [1.29, 1.82) is 0 Å². The van der Waals surface area contributed by atoms with E-state index in [1.807, 2.05) is 18.2 Å². The van der Waals surface area contributed by atoms with Crippen molar-refractivity contribution in [3.63, 3.8) is 0 Å². The van der Waals surface area contributed by atoms with Crippen molar-refractivity contribution in [1.82, 2.24) is 4.31 Å². The van der Waals surface area contributed by atoms with Gasteiger partial charge in [-0.2, -0.15) is 4.31 Å². The predicted octanol–water partition coefficient (Wildman–Crippen LogP) is 2.55. The molecule has 0 bridgehead atoms. The average molecular weight is 406 g/mol. The van der Waals surface area contributed by atoms with Crippen molar-refractivity contribution in [2.75, 3.05) is 19.7 Å². The zero-order chi connectivity index (χ0) is 20.2. The molecular formula is C20H23FN2O4S. The number of piperidine rings is 1. The molecule has 1 amide bonds. The Labute approximate surface area is 164 Å². The Morgan fingerprint density at radius 2 is 1.82 bits per heavy atom. The van der Waals surface area contributed by atoms with Gasteiger partial charge in [-0.15, -0.1) is 0 Å². The third-order valence-corrected chi connectivity index (χ3v) is 6.77. The van der Waals surface area contributed by atoms with Gasteiger partial charge < -0.3 is 10.5 Å². The Bertz CT molecular complexity index is 919. The fourth-order valence-corrected chi connectivity index (χ4v) is 5.15. The van der Waals surface area contributed by atoms with Crippen LogP contribution in [0, 0.1) is 11.2 Å². The molecule has 1 heterocycles. The number of hydrogen-bond donors (Lipinski definition) is 1. The summed E-state index contributed by atoms with van der Waals surface area (Å²) in [4.78, 5) is 11.7. The number of carbonyl (C=O) groups is 1. The number of rotatable bonds is 7. The molecule has 150 valence electrons. The summed E-state index contributed by atoms with van der Waals surface area (Å²) in [6, 6.07) is 13.9. The van der Waals surface area contributed by atoms with Crippen LogP contribution in [0.1, 0.15) is 19.3 Å². The molecule has 0 aliphatic carbocycles. The van der Waals surface area contributed by atoms with Crippen LogP contribution in [0.5, 0.6) is 5.75 Å². The molecule has 0 unspecified atom stereocenters. The topological polar surface area (TPSA) is 89.7 Å². The normalized spacial score (nSPS) is 20.6. The Kier molecular flexibility index (Phi) is 6.00. The fourth-order valence-electron chi connectivity index (χ4n) is 3.56. The first-order chi connectivity index (χ1) is 13.3. The molecule has 0 aromatic heterocycles. The van der Waals surface area contributed by atoms with Crippen molar-refractivity contribution in [3.05, 3.63) is 60.4 Å². The molecule has 3 rings (SSSR count). The van der Waals surface area contributed by atoms with Crippen molar-refractivity contribution < 1.29 is 22.3 Å². The third kappa shape index (κ3) is 4.69. The van der Waals surface area contributed by atoms with Crippen LogP contribution in [0.15, 0.2) is 59.5 Å². The van der Waals surface area contributed by atoms with Gasteiger partial charge in [-0.25, -0.2) is 12.8 Å². The van der Waals surface area contributed by atoms with Crippen LogP contribution in [0.4, 0.5) is 4.39 Å². The van der Waals surface area contributed by atoms with E-state index < -0.39 is 27.2 Å². The van der Waals surface area contributed by atoms with Gasteiger partial charge in [0, 0.05) is 24.9 Å². The molecule has 1 aliphatic rings. The molecule has 0 radical (unpaired) electrons. The minimum absolute atomic E-state index is 0.0211. The summed E-state index contributed by atoms with van der Waals surface area (Å²) in [6.07, 6.45) is 1.22. The predicted molar refractivity (Wildman–Crippen MR) is 103 cm³/mol. The highest BCUT2D eigenvalue weighted by Crippen LogP contribution is 2.36. The van der Waals surface area contributed by atoms with E-state index in [9.17, 15) is 17.6 Å². The molecule has 0 spiro atoms. The second-order valence-corrected chi connectivity index (χ2v) is 9.08. The third-order valence-electron chi connectivity index (χ3n) is 4.92. The Morgan fingerprint density at radius 1 is 1.14 bits per heavy atom. The van der Waals surface area contributed by atoms with Gasteiger partial charge in [0.05, 0.1) is 11.5 Å². The van der Waals surface area contributed by atoms with Gasteiger partial charge >= 0.3 is 0 Å². The SMILES string of the molecule is NC(=O)C[C@]1(COc2ccccc2)CCCN(S(=O)(=O)c2ccc(F)cc2)C1. The van der Waals surface area contributed by atoms with Gasteiger partial charge in [-0.1, -0.05) is 18.2 Å². The molecule has 8 heteroatoms. The van der Waals surface area contributed by atoms with E-state index in [4.69, 9.17) is 10.5 Å². The fraction of sp³-hybridized carbons (Fsp3) is 0.350. The Morgan fingerprint density at radius 3 is 2.46 bits per heavy atom. The van der Waals surface area contributed by atoms with Gasteiger partial charge in [-0.3, -0.25) is 4.79 Å². The highest BCUT2D eigenvalue weighted by molar-refractivity contribution is 7.89. The number of para-hydroxylation sites is 1. The summed E-state index contributed by atoms with van der Waals surface area (Å²) in [5, 5.41) is 0. The first-order valence-electron chi connectivity index (χ1n) is 9.03. The number of nitrogens with two attached hydrogens (primary N) is 1. The van der Waals surface area contributed by atoms with Crippen LogP contribution >= 0.6 is 0 Å². The molecule has 1 atom stereocenters. The van der Waals surface area contributed by atoms with Crippen LogP contribution < -0.4 is 10.5 Å². The molecule has 2 aromatic carbocycles. The van der Waals surface area contributed by atoms with Crippen LogP contribution in [0.2, 0.25) is 0 Å². The number of nitrogens with zero attached hydrogens (tertiary/aromatic N) is 1. The molecule has 1 aliphatic heterocycles. The summed E-state index contributed by atoms with van der Waals surface area (Å²) >= 11 is 0. The lowest BCUT2D eigenvalue weighted by Crippen LogP contribution is -2.50. The quantitative estimate of drug-likeness (QED) is 0.765. The first kappa shape index (κ1) is 20.3. The summed E-state index contributed by atoms with van der Waals surface area (Å²) in [5.74, 6) is -0.362. The zero-order valence-electron chi connectivity index (χ0n) is 15.4. The second kappa shape index (κ2) is 8.28.